The van der Waals surface area contributed by atoms with Gasteiger partial charge in [-0.05, 0) is 62.0 Å². The Kier molecular flexibility index (Phi) is 6.85. The molecule has 1 aromatic rings. The van der Waals surface area contributed by atoms with Crippen molar-refractivity contribution in [2.45, 2.75) is 47.7 Å². The molecule has 0 unspecified atom stereocenters. The first-order chi connectivity index (χ1) is 10.9. The van der Waals surface area contributed by atoms with E-state index in [-0.39, 0.29) is 17.8 Å². The molecule has 0 atom stereocenters. The number of aliphatic hydroxyl groups is 1. The molecule has 0 bridgehead atoms. The number of ether oxygens (including phenoxy) is 1. The van der Waals surface area contributed by atoms with Crippen molar-refractivity contribution in [1.29, 1.82) is 0 Å². The molecule has 0 radical (unpaired) electrons. The Balaban J connectivity index is 3.12. The second kappa shape index (κ2) is 8.02. The molecule has 0 saturated heterocycles. The van der Waals surface area contributed by atoms with Gasteiger partial charge in [0.15, 0.2) is 0 Å². The van der Waals surface area contributed by atoms with Crippen molar-refractivity contribution in [3.63, 3.8) is 0 Å². The van der Waals surface area contributed by atoms with Crippen molar-refractivity contribution in [2.75, 3.05) is 0 Å². The molecule has 0 heterocycles. The number of aryl methyl sites for hydroxylation is 2. The van der Waals surface area contributed by atoms with Crippen molar-refractivity contribution in [2.24, 2.45) is 5.92 Å². The molecule has 0 aliphatic heterocycles. The first kappa shape index (κ1) is 20.5. The first-order valence-corrected chi connectivity index (χ1v) is 9.61. The maximum absolute atomic E-state index is 11.2. The highest BCUT2D eigenvalue weighted by molar-refractivity contribution is 7.50. The maximum Gasteiger partial charge on any atom is 0.329 e. The smallest absolute Gasteiger partial charge is 0.329 e. The summed E-state index contributed by atoms with van der Waals surface area (Å²) < 4.78 is 17.1. The van der Waals surface area contributed by atoms with Gasteiger partial charge in [0, 0.05) is 0 Å². The summed E-state index contributed by atoms with van der Waals surface area (Å²) in [5, 5.41) is 9.76. The molecule has 0 fully saturated rings. The molecule has 6 heteroatoms. The van der Waals surface area contributed by atoms with Gasteiger partial charge in [0.1, 0.15) is 11.5 Å². The topological polar surface area (TPSA) is 87.0 Å². The average molecular weight is 354 g/mol. The van der Waals surface area contributed by atoms with Crippen LogP contribution in [0.2, 0.25) is 0 Å². The Morgan fingerprint density at radius 1 is 1.21 bits per heavy atom. The van der Waals surface area contributed by atoms with E-state index in [0.29, 0.717) is 17.1 Å². The highest BCUT2D eigenvalue weighted by atomic mass is 31.2. The summed E-state index contributed by atoms with van der Waals surface area (Å²) in [6.45, 7) is 11.1. The van der Waals surface area contributed by atoms with Crippen LogP contribution < -0.4 is 4.74 Å². The van der Waals surface area contributed by atoms with E-state index in [0.717, 1.165) is 16.7 Å². The number of hydrogen-bond donors (Lipinski definition) is 3. The quantitative estimate of drug-likeness (QED) is 0.390. The summed E-state index contributed by atoms with van der Waals surface area (Å²) in [7, 11) is -4.10. The molecule has 3 N–H and O–H groups in total. The van der Waals surface area contributed by atoms with Gasteiger partial charge in [0.05, 0.1) is 11.9 Å². The van der Waals surface area contributed by atoms with Crippen molar-refractivity contribution in [1.82, 2.24) is 0 Å². The summed E-state index contributed by atoms with van der Waals surface area (Å²) in [6, 6.07) is 3.45. The van der Waals surface area contributed by atoms with Gasteiger partial charge in [-0.2, -0.15) is 0 Å². The second-order valence-corrected chi connectivity index (χ2v) is 8.08. The van der Waals surface area contributed by atoms with Gasteiger partial charge >= 0.3 is 7.60 Å². The lowest BCUT2D eigenvalue weighted by Gasteiger charge is -2.16. The zero-order valence-electron chi connectivity index (χ0n) is 15.1. The van der Waals surface area contributed by atoms with E-state index in [1.807, 2.05) is 40.7 Å². The fourth-order valence-electron chi connectivity index (χ4n) is 2.63. The Hall–Kier alpha value is -1.55. The lowest BCUT2D eigenvalue weighted by atomic mass is 10.0. The van der Waals surface area contributed by atoms with Crippen LogP contribution in [0, 0.1) is 19.8 Å². The fourth-order valence-corrected chi connectivity index (χ4v) is 3.29. The van der Waals surface area contributed by atoms with Crippen LogP contribution in [0.25, 0.3) is 0 Å². The third-order valence-corrected chi connectivity index (χ3v) is 4.35. The van der Waals surface area contributed by atoms with E-state index in [1.54, 1.807) is 19.1 Å². The largest absolute Gasteiger partial charge is 0.512 e. The van der Waals surface area contributed by atoms with Crippen LogP contribution in [0.5, 0.6) is 5.75 Å². The summed E-state index contributed by atoms with van der Waals surface area (Å²) in [4.78, 5) is 18.2. The molecule has 24 heavy (non-hydrogen) atoms. The van der Waals surface area contributed by atoms with E-state index in [9.17, 15) is 9.67 Å². The molecule has 0 aliphatic carbocycles. The first-order valence-electron chi connectivity index (χ1n) is 7.81. The number of hydrogen-bond acceptors (Lipinski definition) is 3. The lowest BCUT2D eigenvalue weighted by Crippen LogP contribution is -2.01. The molecule has 1 aromatic carbocycles. The minimum atomic E-state index is -4.10. The Labute approximate surface area is 143 Å². The van der Waals surface area contributed by atoms with Crippen LogP contribution >= 0.6 is 7.60 Å². The number of rotatable bonds is 6. The fraction of sp³-hybridized carbons (Fsp3) is 0.444. The molecule has 0 spiro atoms. The van der Waals surface area contributed by atoms with Gasteiger partial charge in [-0.3, -0.25) is 4.57 Å². The van der Waals surface area contributed by atoms with Gasteiger partial charge in [-0.1, -0.05) is 26.0 Å². The monoisotopic (exact) mass is 354 g/mol. The Morgan fingerprint density at radius 3 is 2.08 bits per heavy atom. The highest BCUT2D eigenvalue weighted by Gasteiger charge is 2.16. The molecule has 0 aliphatic rings. The second-order valence-electron chi connectivity index (χ2n) is 6.43. The van der Waals surface area contributed by atoms with Gasteiger partial charge < -0.3 is 19.6 Å². The Bertz CT molecular complexity index is 683. The standard InChI is InChI=1S/C18H27O5P/c1-11(2)17(15(6)19)9-14(5)23-18-12(3)7-16(8-13(18)4)10-24(20,21)22/h7-9,11,19H,10H2,1-6H3,(H2,20,21,22)/b14-9+,17-15-. The van der Waals surface area contributed by atoms with Gasteiger partial charge in [0.25, 0.3) is 0 Å². The van der Waals surface area contributed by atoms with E-state index < -0.39 is 7.60 Å². The van der Waals surface area contributed by atoms with Gasteiger partial charge in [-0.15, -0.1) is 0 Å². The SMILES string of the molecule is C/C(=C\C(=C(/C)O)C(C)C)Oc1c(C)cc(CP(=O)(O)O)cc1C. The molecule has 134 valence electrons. The van der Waals surface area contributed by atoms with Crippen molar-refractivity contribution < 1.29 is 24.2 Å². The summed E-state index contributed by atoms with van der Waals surface area (Å²) >= 11 is 0. The number of benzene rings is 1. The summed E-state index contributed by atoms with van der Waals surface area (Å²) in [5.41, 5.74) is 3.01. The molecule has 0 aromatic heterocycles. The van der Waals surface area contributed by atoms with Crippen LogP contribution in [0.3, 0.4) is 0 Å². The highest BCUT2D eigenvalue weighted by Crippen LogP contribution is 2.40. The van der Waals surface area contributed by atoms with Crippen LogP contribution in [0.1, 0.15) is 44.4 Å². The van der Waals surface area contributed by atoms with Crippen molar-refractivity contribution in [3.05, 3.63) is 52.0 Å². The molecule has 0 saturated carbocycles. The lowest BCUT2D eigenvalue weighted by molar-refractivity contribution is 0.371. The summed E-state index contributed by atoms with van der Waals surface area (Å²) in [5.74, 6) is 1.73. The number of aliphatic hydroxyl groups excluding tert-OH is 1. The van der Waals surface area contributed by atoms with E-state index in [2.05, 4.69) is 0 Å². The van der Waals surface area contributed by atoms with E-state index in [4.69, 9.17) is 14.5 Å². The predicted octanol–water partition coefficient (Wildman–Crippen LogP) is 4.75. The third kappa shape index (κ3) is 6.16. The van der Waals surface area contributed by atoms with Crippen molar-refractivity contribution >= 4 is 7.60 Å². The zero-order valence-corrected chi connectivity index (χ0v) is 16.0. The van der Waals surface area contributed by atoms with Crippen LogP contribution in [-0.4, -0.2) is 14.9 Å². The van der Waals surface area contributed by atoms with Crippen molar-refractivity contribution in [3.8, 4) is 5.75 Å². The van der Waals surface area contributed by atoms with Crippen LogP contribution in [0.4, 0.5) is 0 Å². The molecular weight excluding hydrogens is 327 g/mol. The molecule has 5 nitrogen and oxygen atoms in total. The van der Waals surface area contributed by atoms with Crippen LogP contribution in [0.15, 0.2) is 35.3 Å². The predicted molar refractivity (Wildman–Crippen MR) is 96.2 cm³/mol. The minimum absolute atomic E-state index is 0.168. The van der Waals surface area contributed by atoms with E-state index in [1.165, 1.54) is 0 Å². The average Bonchev–Trinajstić information content (AvgIpc) is 2.37. The van der Waals surface area contributed by atoms with E-state index >= 15 is 0 Å². The molecular formula is C18H27O5P. The summed E-state index contributed by atoms with van der Waals surface area (Å²) in [6.07, 6.45) is 1.52. The van der Waals surface area contributed by atoms with Gasteiger partial charge in [0.2, 0.25) is 0 Å². The molecule has 0 amide bonds. The zero-order chi connectivity index (χ0) is 18.7. The third-order valence-electron chi connectivity index (χ3n) is 3.57. The minimum Gasteiger partial charge on any atom is -0.512 e. The van der Waals surface area contributed by atoms with Crippen LogP contribution in [-0.2, 0) is 10.7 Å². The van der Waals surface area contributed by atoms with Gasteiger partial charge in [-0.25, -0.2) is 0 Å². The number of allylic oxidation sites excluding steroid dienone is 4. The maximum atomic E-state index is 11.2. The molecule has 1 rings (SSSR count). The normalized spacial score (nSPS) is 14.0. The Morgan fingerprint density at radius 2 is 1.71 bits per heavy atom.